The third kappa shape index (κ3) is 6.16. The number of ether oxygens (including phenoxy) is 1. The highest BCUT2D eigenvalue weighted by atomic mass is 16.6. The van der Waals surface area contributed by atoms with Crippen molar-refractivity contribution in [1.29, 1.82) is 0 Å². The highest BCUT2D eigenvalue weighted by Gasteiger charge is 2.36. The fourth-order valence-corrected chi connectivity index (χ4v) is 3.11. The number of nitrogens with zero attached hydrogens (tertiary/aromatic N) is 2. The molecule has 4 rings (SSSR count). The van der Waals surface area contributed by atoms with E-state index < -0.39 is 22.8 Å². The van der Waals surface area contributed by atoms with Crippen molar-refractivity contribution in [2.75, 3.05) is 19.6 Å². The van der Waals surface area contributed by atoms with Crippen molar-refractivity contribution >= 4 is 23.6 Å². The molecule has 0 spiro atoms. The Morgan fingerprint density at radius 3 is 2.00 bits per heavy atom. The van der Waals surface area contributed by atoms with Crippen LogP contribution in [0.2, 0.25) is 0 Å². The number of carboxylic acid groups (broad SMARTS) is 2. The minimum absolute atomic E-state index is 0.0237. The van der Waals surface area contributed by atoms with E-state index >= 15 is 0 Å². The SMILES string of the molecule is O=C(O)/C=C/C(=O)O.O=C(O[C@@H]1CN2CCC1CC2)c1ccc([N+](=O)[O-])cc1. The molecule has 10 nitrogen and oxygen atoms in total. The second kappa shape index (κ2) is 9.60. The monoisotopic (exact) mass is 392 g/mol. The quantitative estimate of drug-likeness (QED) is 0.329. The van der Waals surface area contributed by atoms with Crippen molar-refractivity contribution in [3.8, 4) is 0 Å². The molecule has 3 aliphatic rings. The van der Waals surface area contributed by atoms with Gasteiger partial charge < -0.3 is 14.9 Å². The van der Waals surface area contributed by atoms with E-state index in [0.717, 1.165) is 32.5 Å². The van der Waals surface area contributed by atoms with Crippen LogP contribution in [0.3, 0.4) is 0 Å². The Morgan fingerprint density at radius 1 is 1.07 bits per heavy atom. The summed E-state index contributed by atoms with van der Waals surface area (Å²) in [6.45, 7) is 3.00. The maximum Gasteiger partial charge on any atom is 0.338 e. The predicted octanol–water partition coefficient (Wildman–Crippen LogP) is 1.56. The summed E-state index contributed by atoms with van der Waals surface area (Å²) >= 11 is 0. The molecule has 3 fully saturated rings. The largest absolute Gasteiger partial charge is 0.478 e. The predicted molar refractivity (Wildman–Crippen MR) is 95.9 cm³/mol. The van der Waals surface area contributed by atoms with Gasteiger partial charge in [0.05, 0.1) is 10.5 Å². The lowest BCUT2D eigenvalue weighted by atomic mass is 9.86. The molecule has 1 atom stereocenters. The van der Waals surface area contributed by atoms with Gasteiger partial charge in [0, 0.05) is 30.8 Å². The maximum atomic E-state index is 12.1. The molecule has 3 heterocycles. The van der Waals surface area contributed by atoms with Crippen molar-refractivity contribution in [1.82, 2.24) is 4.90 Å². The van der Waals surface area contributed by atoms with Gasteiger partial charge in [0.25, 0.3) is 5.69 Å². The number of rotatable bonds is 5. The Bertz CT molecular complexity index is 750. The first-order chi connectivity index (χ1) is 13.3. The van der Waals surface area contributed by atoms with Crippen molar-refractivity contribution < 1.29 is 34.3 Å². The summed E-state index contributed by atoms with van der Waals surface area (Å²) in [6.07, 6.45) is 3.24. The number of carbonyl (C=O) groups is 3. The minimum Gasteiger partial charge on any atom is -0.478 e. The van der Waals surface area contributed by atoms with Crippen LogP contribution in [0.25, 0.3) is 0 Å². The molecule has 0 radical (unpaired) electrons. The van der Waals surface area contributed by atoms with E-state index in [1.54, 1.807) is 0 Å². The number of fused-ring (bicyclic) bond motifs is 3. The second-order valence-corrected chi connectivity index (χ2v) is 6.40. The number of non-ortho nitro benzene ring substituents is 1. The number of hydrogen-bond acceptors (Lipinski definition) is 7. The fourth-order valence-electron chi connectivity index (χ4n) is 3.11. The van der Waals surface area contributed by atoms with E-state index in [-0.39, 0.29) is 11.8 Å². The first-order valence-electron chi connectivity index (χ1n) is 8.58. The van der Waals surface area contributed by atoms with Gasteiger partial charge in [-0.25, -0.2) is 14.4 Å². The molecule has 150 valence electrons. The van der Waals surface area contributed by atoms with Gasteiger partial charge in [-0.3, -0.25) is 15.0 Å². The molecule has 3 aliphatic heterocycles. The number of piperidine rings is 3. The molecule has 10 heteroatoms. The Balaban J connectivity index is 0.000000300. The zero-order chi connectivity index (χ0) is 20.7. The lowest BCUT2D eigenvalue weighted by Crippen LogP contribution is -2.51. The van der Waals surface area contributed by atoms with Crippen LogP contribution < -0.4 is 0 Å². The molecule has 0 amide bonds. The average Bonchev–Trinajstić information content (AvgIpc) is 2.68. The first-order valence-corrected chi connectivity index (χ1v) is 8.58. The van der Waals surface area contributed by atoms with Gasteiger partial charge in [0.1, 0.15) is 6.10 Å². The maximum absolute atomic E-state index is 12.1. The summed E-state index contributed by atoms with van der Waals surface area (Å²) in [5.74, 6) is -2.44. The fraction of sp³-hybridized carbons (Fsp3) is 0.389. The van der Waals surface area contributed by atoms with Crippen LogP contribution in [0, 0.1) is 16.0 Å². The number of nitro benzene ring substituents is 1. The Kier molecular flexibility index (Phi) is 7.21. The van der Waals surface area contributed by atoms with E-state index in [1.165, 1.54) is 24.3 Å². The van der Waals surface area contributed by atoms with Crippen LogP contribution in [0.5, 0.6) is 0 Å². The Hall–Kier alpha value is -3.27. The number of esters is 1. The van der Waals surface area contributed by atoms with Crippen LogP contribution in [-0.4, -0.2) is 63.7 Å². The normalized spacial score (nSPS) is 22.8. The van der Waals surface area contributed by atoms with E-state index in [4.69, 9.17) is 14.9 Å². The van der Waals surface area contributed by atoms with Crippen molar-refractivity contribution in [3.05, 3.63) is 52.1 Å². The summed E-state index contributed by atoms with van der Waals surface area (Å²) in [5, 5.41) is 26.2. The molecule has 0 aromatic heterocycles. The van der Waals surface area contributed by atoms with E-state index in [9.17, 15) is 24.5 Å². The van der Waals surface area contributed by atoms with Gasteiger partial charge in [-0.05, 0) is 44.0 Å². The first kappa shape index (κ1) is 21.0. The van der Waals surface area contributed by atoms with Gasteiger partial charge >= 0.3 is 17.9 Å². The van der Waals surface area contributed by atoms with Crippen LogP contribution in [0.15, 0.2) is 36.4 Å². The van der Waals surface area contributed by atoms with Crippen molar-refractivity contribution in [2.24, 2.45) is 5.92 Å². The van der Waals surface area contributed by atoms with E-state index in [1.807, 2.05) is 0 Å². The van der Waals surface area contributed by atoms with Crippen LogP contribution in [-0.2, 0) is 14.3 Å². The van der Waals surface area contributed by atoms with Gasteiger partial charge in [-0.15, -0.1) is 0 Å². The molecule has 2 N–H and O–H groups in total. The zero-order valence-corrected chi connectivity index (χ0v) is 14.9. The highest BCUT2D eigenvalue weighted by molar-refractivity contribution is 5.90. The molecular weight excluding hydrogens is 372 g/mol. The van der Waals surface area contributed by atoms with E-state index in [2.05, 4.69) is 4.90 Å². The lowest BCUT2D eigenvalue weighted by molar-refractivity contribution is -0.384. The highest BCUT2D eigenvalue weighted by Crippen LogP contribution is 2.30. The summed E-state index contributed by atoms with van der Waals surface area (Å²) in [7, 11) is 0. The van der Waals surface area contributed by atoms with Gasteiger partial charge in [0.15, 0.2) is 0 Å². The minimum atomic E-state index is -1.26. The molecule has 2 bridgehead atoms. The average molecular weight is 392 g/mol. The van der Waals surface area contributed by atoms with Gasteiger partial charge in [-0.1, -0.05) is 0 Å². The Morgan fingerprint density at radius 2 is 1.61 bits per heavy atom. The number of carboxylic acids is 2. The summed E-state index contributed by atoms with van der Waals surface area (Å²) in [6, 6.07) is 5.55. The zero-order valence-electron chi connectivity index (χ0n) is 14.9. The molecule has 1 aromatic rings. The third-order valence-electron chi connectivity index (χ3n) is 4.54. The number of carbonyl (C=O) groups excluding carboxylic acids is 1. The summed E-state index contributed by atoms with van der Waals surface area (Å²) < 4.78 is 5.56. The number of nitro groups is 1. The topological polar surface area (TPSA) is 147 Å². The van der Waals surface area contributed by atoms with Crippen molar-refractivity contribution in [2.45, 2.75) is 18.9 Å². The van der Waals surface area contributed by atoms with Crippen molar-refractivity contribution in [3.63, 3.8) is 0 Å². The number of aliphatic carboxylic acids is 2. The smallest absolute Gasteiger partial charge is 0.338 e. The molecule has 0 saturated carbocycles. The summed E-state index contributed by atoms with van der Waals surface area (Å²) in [4.78, 5) is 43.6. The number of benzene rings is 1. The molecule has 0 unspecified atom stereocenters. The molecular formula is C18H20N2O8. The van der Waals surface area contributed by atoms with Gasteiger partial charge in [-0.2, -0.15) is 0 Å². The third-order valence-corrected chi connectivity index (χ3v) is 4.54. The molecule has 28 heavy (non-hydrogen) atoms. The molecule has 1 aromatic carbocycles. The van der Waals surface area contributed by atoms with Crippen LogP contribution in [0.4, 0.5) is 5.69 Å². The second-order valence-electron chi connectivity index (χ2n) is 6.40. The number of hydrogen-bond donors (Lipinski definition) is 2. The molecule has 0 aliphatic carbocycles. The van der Waals surface area contributed by atoms with Crippen LogP contribution in [0.1, 0.15) is 23.2 Å². The molecule has 3 saturated heterocycles. The lowest BCUT2D eigenvalue weighted by Gasteiger charge is -2.43. The van der Waals surface area contributed by atoms with Crippen LogP contribution >= 0.6 is 0 Å². The van der Waals surface area contributed by atoms with E-state index in [0.29, 0.717) is 23.6 Å². The standard InChI is InChI=1S/C14H16N2O4.C4H4O4/c17-14(11-1-3-12(4-2-11)16(18)19)20-13-9-15-7-5-10(13)6-8-15;5-3(6)1-2-4(7)8/h1-4,10,13H,5-9H2;1-2H,(H,5,6)(H,7,8)/b;2-1+/t13-;/m1./s1. The summed E-state index contributed by atoms with van der Waals surface area (Å²) in [5.41, 5.74) is 0.344. The van der Waals surface area contributed by atoms with Gasteiger partial charge in [0.2, 0.25) is 0 Å². The Labute approximate surface area is 160 Å².